The van der Waals surface area contributed by atoms with Gasteiger partial charge in [-0.1, -0.05) is 41.4 Å². The fourth-order valence-corrected chi connectivity index (χ4v) is 4.99. The van der Waals surface area contributed by atoms with Crippen LogP contribution in [0.2, 0.25) is 5.02 Å². The number of benzene rings is 1. The summed E-state index contributed by atoms with van der Waals surface area (Å²) in [6, 6.07) is 7.55. The molecule has 2 bridgehead atoms. The number of nitrogens with zero attached hydrogens (tertiary/aromatic N) is 1. The summed E-state index contributed by atoms with van der Waals surface area (Å²) >= 11 is 6.28. The van der Waals surface area contributed by atoms with E-state index in [2.05, 4.69) is 17.4 Å². The number of hydrogen-bond donors (Lipinski definition) is 1. The van der Waals surface area contributed by atoms with E-state index in [1.54, 1.807) is 13.0 Å². The largest absolute Gasteiger partial charge is 0.360 e. The molecule has 25 heavy (non-hydrogen) atoms. The van der Waals surface area contributed by atoms with Gasteiger partial charge in [0, 0.05) is 11.6 Å². The lowest BCUT2D eigenvalue weighted by Gasteiger charge is -2.28. The first-order valence-corrected chi connectivity index (χ1v) is 9.44. The van der Waals surface area contributed by atoms with E-state index in [1.165, 1.54) is 25.7 Å². The number of fused-ring (bicyclic) bond motifs is 2. The van der Waals surface area contributed by atoms with E-state index in [1.807, 2.05) is 18.2 Å². The van der Waals surface area contributed by atoms with Gasteiger partial charge in [-0.3, -0.25) is 4.79 Å². The molecular weight excluding hydrogens is 336 g/mol. The summed E-state index contributed by atoms with van der Waals surface area (Å²) in [5.74, 6) is 2.63. The van der Waals surface area contributed by atoms with Crippen molar-refractivity contribution in [1.29, 1.82) is 0 Å². The van der Waals surface area contributed by atoms with Gasteiger partial charge < -0.3 is 9.84 Å². The van der Waals surface area contributed by atoms with Crippen molar-refractivity contribution < 1.29 is 9.32 Å². The number of carbonyl (C=O) groups is 1. The molecule has 1 heterocycles. The first kappa shape index (κ1) is 16.6. The highest BCUT2D eigenvalue weighted by molar-refractivity contribution is 6.33. The molecule has 5 heteroatoms. The zero-order valence-corrected chi connectivity index (χ0v) is 15.3. The Hall–Kier alpha value is -1.81. The van der Waals surface area contributed by atoms with Crippen molar-refractivity contribution in [3.05, 3.63) is 40.6 Å². The van der Waals surface area contributed by atoms with E-state index in [-0.39, 0.29) is 11.9 Å². The van der Waals surface area contributed by atoms with Crippen LogP contribution in [0, 0.1) is 24.7 Å². The lowest BCUT2D eigenvalue weighted by Crippen LogP contribution is -2.40. The summed E-state index contributed by atoms with van der Waals surface area (Å²) in [7, 11) is 0. The van der Waals surface area contributed by atoms with Crippen molar-refractivity contribution in [3.8, 4) is 11.3 Å². The predicted octanol–water partition coefficient (Wildman–Crippen LogP) is 4.86. The fourth-order valence-electron chi connectivity index (χ4n) is 4.77. The van der Waals surface area contributed by atoms with Crippen LogP contribution >= 0.6 is 11.6 Å². The number of aromatic nitrogens is 1. The van der Waals surface area contributed by atoms with Gasteiger partial charge in [0.2, 0.25) is 0 Å². The lowest BCUT2D eigenvalue weighted by molar-refractivity contribution is 0.0914. The molecule has 4 rings (SSSR count). The minimum Gasteiger partial charge on any atom is -0.360 e. The molecule has 0 saturated heterocycles. The van der Waals surface area contributed by atoms with Crippen molar-refractivity contribution >= 4 is 17.5 Å². The Bertz CT molecular complexity index is 801. The third-order valence-corrected chi connectivity index (χ3v) is 6.34. The molecule has 2 fully saturated rings. The first-order chi connectivity index (χ1) is 12.0. The standard InChI is InChI=1S/C20H23ClN2O2/c1-11(16-10-13-7-8-14(16)9-13)22-20(24)18-12(2)25-23-19(18)15-5-3-4-6-17(15)21/h3-6,11,13-14,16H,7-10H2,1-2H3,(H,22,24)/t11-,13-,14-,16-/m0/s1. The van der Waals surface area contributed by atoms with Gasteiger partial charge >= 0.3 is 0 Å². The predicted molar refractivity (Wildman–Crippen MR) is 97.6 cm³/mol. The minimum absolute atomic E-state index is 0.121. The van der Waals surface area contributed by atoms with E-state index in [9.17, 15) is 4.79 Å². The fraction of sp³-hybridized carbons (Fsp3) is 0.500. The second-order valence-corrected chi connectivity index (χ2v) is 7.95. The van der Waals surface area contributed by atoms with E-state index in [4.69, 9.17) is 16.1 Å². The van der Waals surface area contributed by atoms with E-state index >= 15 is 0 Å². The van der Waals surface area contributed by atoms with Gasteiger partial charge in [-0.2, -0.15) is 0 Å². The summed E-state index contributed by atoms with van der Waals surface area (Å²) in [5, 5.41) is 7.85. The van der Waals surface area contributed by atoms with Crippen molar-refractivity contribution in [2.75, 3.05) is 0 Å². The van der Waals surface area contributed by atoms with Crippen molar-refractivity contribution in [3.63, 3.8) is 0 Å². The first-order valence-electron chi connectivity index (χ1n) is 9.06. The van der Waals surface area contributed by atoms with Crippen molar-refractivity contribution in [2.45, 2.75) is 45.6 Å². The highest BCUT2D eigenvalue weighted by Gasteiger charge is 2.42. The number of hydrogen-bond acceptors (Lipinski definition) is 3. The van der Waals surface area contributed by atoms with Gasteiger partial charge in [0.05, 0.1) is 5.02 Å². The van der Waals surface area contributed by atoms with Crippen molar-refractivity contribution in [2.24, 2.45) is 17.8 Å². The maximum absolute atomic E-state index is 13.0. The Morgan fingerprint density at radius 2 is 2.12 bits per heavy atom. The minimum atomic E-state index is -0.121. The highest BCUT2D eigenvalue weighted by atomic mass is 35.5. The van der Waals surface area contributed by atoms with Crippen LogP contribution in [0.1, 0.15) is 48.7 Å². The number of carbonyl (C=O) groups excluding carboxylic acids is 1. The van der Waals surface area contributed by atoms with Crippen LogP contribution in [0.3, 0.4) is 0 Å². The van der Waals surface area contributed by atoms with Crippen LogP contribution in [0.15, 0.2) is 28.8 Å². The summed E-state index contributed by atoms with van der Waals surface area (Å²) in [5.41, 5.74) is 1.72. The quantitative estimate of drug-likeness (QED) is 0.849. The second kappa shape index (κ2) is 6.49. The molecule has 1 aromatic heterocycles. The van der Waals surface area contributed by atoms with Gasteiger partial charge in [-0.05, 0) is 56.9 Å². The summed E-state index contributed by atoms with van der Waals surface area (Å²) in [6.07, 6.45) is 5.25. The number of nitrogens with one attached hydrogen (secondary N) is 1. The van der Waals surface area contributed by atoms with E-state index in [0.717, 1.165) is 17.4 Å². The molecule has 2 saturated carbocycles. The molecule has 4 atom stereocenters. The molecule has 2 aromatic rings. The van der Waals surface area contributed by atoms with Gasteiger partial charge in [0.15, 0.2) is 0 Å². The smallest absolute Gasteiger partial charge is 0.257 e. The van der Waals surface area contributed by atoms with Gasteiger partial charge in [0.25, 0.3) is 5.91 Å². The molecule has 2 aliphatic carbocycles. The third-order valence-electron chi connectivity index (χ3n) is 6.01. The normalized spacial score (nSPS) is 26.0. The molecule has 132 valence electrons. The topological polar surface area (TPSA) is 55.1 Å². The molecule has 0 unspecified atom stereocenters. The lowest BCUT2D eigenvalue weighted by atomic mass is 9.84. The van der Waals surface area contributed by atoms with Gasteiger partial charge in [-0.25, -0.2) is 0 Å². The van der Waals surface area contributed by atoms with Gasteiger partial charge in [-0.15, -0.1) is 0 Å². The molecule has 0 spiro atoms. The molecule has 1 N–H and O–H groups in total. The number of amides is 1. The average Bonchev–Trinajstić information content (AvgIpc) is 3.30. The molecule has 0 radical (unpaired) electrons. The molecule has 2 aliphatic rings. The van der Waals surface area contributed by atoms with Crippen LogP contribution in [-0.2, 0) is 0 Å². The third kappa shape index (κ3) is 2.97. The van der Waals surface area contributed by atoms with E-state index in [0.29, 0.717) is 28.0 Å². The Kier molecular flexibility index (Phi) is 4.32. The summed E-state index contributed by atoms with van der Waals surface area (Å²) in [4.78, 5) is 13.0. The van der Waals surface area contributed by atoms with Crippen molar-refractivity contribution in [1.82, 2.24) is 10.5 Å². The second-order valence-electron chi connectivity index (χ2n) is 7.54. The summed E-state index contributed by atoms with van der Waals surface area (Å²) < 4.78 is 5.31. The number of aryl methyl sites for hydroxylation is 1. The van der Waals surface area contributed by atoms with Gasteiger partial charge in [0.1, 0.15) is 17.0 Å². The monoisotopic (exact) mass is 358 g/mol. The highest BCUT2D eigenvalue weighted by Crippen LogP contribution is 2.49. The summed E-state index contributed by atoms with van der Waals surface area (Å²) in [6.45, 7) is 3.89. The SMILES string of the molecule is Cc1onc(-c2ccccc2Cl)c1C(=O)N[C@@H](C)[C@@H]1C[C@H]2CC[C@H]1C2. The number of rotatable bonds is 4. The van der Waals surface area contributed by atoms with Crippen LogP contribution < -0.4 is 5.32 Å². The van der Waals surface area contributed by atoms with E-state index < -0.39 is 0 Å². The molecule has 0 aliphatic heterocycles. The van der Waals surface area contributed by atoms with Crippen LogP contribution in [0.5, 0.6) is 0 Å². The zero-order chi connectivity index (χ0) is 17.6. The average molecular weight is 359 g/mol. The van der Waals surface area contributed by atoms with Crippen LogP contribution in [0.4, 0.5) is 0 Å². The van der Waals surface area contributed by atoms with Crippen LogP contribution in [0.25, 0.3) is 11.3 Å². The Morgan fingerprint density at radius 3 is 2.80 bits per heavy atom. The molecular formula is C20H23ClN2O2. The molecule has 1 amide bonds. The van der Waals surface area contributed by atoms with Crippen LogP contribution in [-0.4, -0.2) is 17.1 Å². The molecule has 1 aromatic carbocycles. The number of halogens is 1. The Morgan fingerprint density at radius 1 is 1.32 bits per heavy atom. The zero-order valence-electron chi connectivity index (χ0n) is 14.6. The maximum atomic E-state index is 13.0. The maximum Gasteiger partial charge on any atom is 0.257 e. The Labute approximate surface area is 152 Å². The Balaban J connectivity index is 1.56. The molecule has 4 nitrogen and oxygen atoms in total.